The van der Waals surface area contributed by atoms with Crippen LogP contribution in [0.25, 0.3) is 0 Å². The van der Waals surface area contributed by atoms with Crippen LogP contribution in [0.1, 0.15) is 62.5 Å². The number of nitrogens with two attached hydrogens (primary N) is 1. The molecule has 0 saturated heterocycles. The summed E-state index contributed by atoms with van der Waals surface area (Å²) in [5.41, 5.74) is 5.98. The lowest BCUT2D eigenvalue weighted by atomic mass is 9.97. The van der Waals surface area contributed by atoms with Crippen LogP contribution < -0.4 is 11.1 Å². The molecule has 0 radical (unpaired) electrons. The van der Waals surface area contributed by atoms with Crippen LogP contribution >= 0.6 is 0 Å². The van der Waals surface area contributed by atoms with Crippen LogP contribution in [0.5, 0.6) is 0 Å². The molecular weight excluding hydrogens is 260 g/mol. The van der Waals surface area contributed by atoms with Crippen LogP contribution in [0, 0.1) is 23.7 Å². The lowest BCUT2D eigenvalue weighted by molar-refractivity contribution is 0.331. The highest BCUT2D eigenvalue weighted by molar-refractivity contribution is 5.19. The second-order valence-corrected chi connectivity index (χ2v) is 7.59. The van der Waals surface area contributed by atoms with E-state index in [2.05, 4.69) is 24.4 Å². The van der Waals surface area contributed by atoms with E-state index in [-0.39, 0.29) is 6.04 Å². The maximum atomic E-state index is 6.07. The predicted molar refractivity (Wildman–Crippen MR) is 84.0 cm³/mol. The molecule has 3 aliphatic carbocycles. The Labute approximate surface area is 127 Å². The van der Waals surface area contributed by atoms with Crippen molar-refractivity contribution in [2.75, 3.05) is 13.1 Å². The molecule has 0 bridgehead atoms. The molecular formula is C18H28N2O. The third kappa shape index (κ3) is 3.04. The van der Waals surface area contributed by atoms with Gasteiger partial charge < -0.3 is 15.5 Å². The minimum absolute atomic E-state index is 0.188. The summed E-state index contributed by atoms with van der Waals surface area (Å²) < 4.78 is 6.07. The molecule has 116 valence electrons. The highest BCUT2D eigenvalue weighted by atomic mass is 16.3. The molecule has 0 aliphatic heterocycles. The number of nitrogens with one attached hydrogen (secondary N) is 1. The van der Waals surface area contributed by atoms with E-state index in [0.717, 1.165) is 36.0 Å². The molecule has 3 heteroatoms. The first-order chi connectivity index (χ1) is 10.3. The van der Waals surface area contributed by atoms with Gasteiger partial charge in [0.2, 0.25) is 0 Å². The number of hydrogen-bond donors (Lipinski definition) is 2. The van der Waals surface area contributed by atoms with Crippen molar-refractivity contribution >= 4 is 0 Å². The summed E-state index contributed by atoms with van der Waals surface area (Å²) in [6.07, 6.45) is 7.06. The van der Waals surface area contributed by atoms with Gasteiger partial charge in [-0.3, -0.25) is 0 Å². The molecule has 1 aromatic rings. The quantitative estimate of drug-likeness (QED) is 0.770. The molecule has 3 aliphatic rings. The largest absolute Gasteiger partial charge is 0.464 e. The van der Waals surface area contributed by atoms with Gasteiger partial charge in [0, 0.05) is 12.5 Å². The van der Waals surface area contributed by atoms with E-state index in [4.69, 9.17) is 10.2 Å². The molecule has 4 rings (SSSR count). The van der Waals surface area contributed by atoms with Gasteiger partial charge in [0.1, 0.15) is 11.5 Å². The Balaban J connectivity index is 1.36. The third-order valence-corrected chi connectivity index (χ3v) is 5.76. The Morgan fingerprint density at radius 3 is 2.43 bits per heavy atom. The zero-order chi connectivity index (χ0) is 14.4. The Bertz CT molecular complexity index is 477. The molecule has 0 aromatic carbocycles. The second-order valence-electron chi connectivity index (χ2n) is 7.59. The van der Waals surface area contributed by atoms with Crippen LogP contribution in [0.4, 0.5) is 0 Å². The van der Waals surface area contributed by atoms with Crippen molar-refractivity contribution in [3.05, 3.63) is 23.7 Å². The van der Waals surface area contributed by atoms with Gasteiger partial charge in [0.05, 0.1) is 6.04 Å². The molecule has 3 unspecified atom stereocenters. The average Bonchev–Trinajstić information content (AvgIpc) is 3.34. The zero-order valence-corrected chi connectivity index (χ0v) is 13.1. The number of furan rings is 1. The lowest BCUT2D eigenvalue weighted by Gasteiger charge is -2.21. The van der Waals surface area contributed by atoms with Gasteiger partial charge in [-0.25, -0.2) is 0 Å². The van der Waals surface area contributed by atoms with Crippen molar-refractivity contribution in [1.29, 1.82) is 0 Å². The van der Waals surface area contributed by atoms with Crippen molar-refractivity contribution in [1.82, 2.24) is 5.32 Å². The third-order valence-electron chi connectivity index (χ3n) is 5.76. The monoisotopic (exact) mass is 288 g/mol. The average molecular weight is 288 g/mol. The number of hydrogen-bond acceptors (Lipinski definition) is 3. The smallest absolute Gasteiger partial charge is 0.122 e. The topological polar surface area (TPSA) is 51.2 Å². The van der Waals surface area contributed by atoms with Crippen LogP contribution in [-0.2, 0) is 0 Å². The highest BCUT2D eigenvalue weighted by Crippen LogP contribution is 2.49. The molecule has 1 aromatic heterocycles. The molecule has 0 amide bonds. The summed E-state index contributed by atoms with van der Waals surface area (Å²) in [7, 11) is 0. The summed E-state index contributed by atoms with van der Waals surface area (Å²) in [4.78, 5) is 0. The van der Waals surface area contributed by atoms with E-state index < -0.39 is 0 Å². The molecule has 3 atom stereocenters. The van der Waals surface area contributed by atoms with Gasteiger partial charge >= 0.3 is 0 Å². The maximum absolute atomic E-state index is 6.07. The van der Waals surface area contributed by atoms with Gasteiger partial charge in [-0.05, 0) is 74.5 Å². The summed E-state index contributed by atoms with van der Waals surface area (Å²) in [5, 5.41) is 3.69. The van der Waals surface area contributed by atoms with Crippen molar-refractivity contribution in [3.63, 3.8) is 0 Å². The van der Waals surface area contributed by atoms with Crippen molar-refractivity contribution < 1.29 is 4.42 Å². The molecule has 3 nitrogen and oxygen atoms in total. The minimum atomic E-state index is 0.188. The fraction of sp³-hybridized carbons (Fsp3) is 0.778. The number of rotatable bonds is 8. The summed E-state index contributed by atoms with van der Waals surface area (Å²) >= 11 is 0. The van der Waals surface area contributed by atoms with Crippen LogP contribution in [0.2, 0.25) is 0 Å². The SMILES string of the molecule is CC1CC1c1ccc(C(CN)NCC(C2CC2)C2CC2)o1. The molecule has 1 heterocycles. The van der Waals surface area contributed by atoms with E-state index in [9.17, 15) is 0 Å². The van der Waals surface area contributed by atoms with Gasteiger partial charge in [-0.2, -0.15) is 0 Å². The standard InChI is InChI=1S/C18H28N2O/c1-11-8-14(11)17-6-7-18(21-17)16(9-19)20-10-15(12-2-3-12)13-4-5-13/h6-7,11-16,20H,2-5,8-10,19H2,1H3. The Morgan fingerprint density at radius 2 is 1.90 bits per heavy atom. The van der Waals surface area contributed by atoms with Crippen molar-refractivity contribution in [3.8, 4) is 0 Å². The van der Waals surface area contributed by atoms with E-state index in [1.807, 2.05) is 0 Å². The van der Waals surface area contributed by atoms with Crippen LogP contribution in [0.15, 0.2) is 16.5 Å². The Morgan fingerprint density at radius 1 is 1.24 bits per heavy atom. The van der Waals surface area contributed by atoms with Crippen LogP contribution in [-0.4, -0.2) is 13.1 Å². The van der Waals surface area contributed by atoms with Crippen molar-refractivity contribution in [2.45, 2.75) is 51.0 Å². The van der Waals surface area contributed by atoms with Crippen molar-refractivity contribution in [2.24, 2.45) is 29.4 Å². The van der Waals surface area contributed by atoms with Crippen LogP contribution in [0.3, 0.4) is 0 Å². The summed E-state index contributed by atoms with van der Waals surface area (Å²) in [6, 6.07) is 4.48. The molecule has 0 spiro atoms. The molecule has 21 heavy (non-hydrogen) atoms. The Hall–Kier alpha value is -0.800. The first-order valence-corrected chi connectivity index (χ1v) is 8.79. The van der Waals surface area contributed by atoms with E-state index in [1.54, 1.807) is 0 Å². The van der Waals surface area contributed by atoms with E-state index in [1.165, 1.54) is 37.9 Å². The van der Waals surface area contributed by atoms with E-state index >= 15 is 0 Å². The summed E-state index contributed by atoms with van der Waals surface area (Å²) in [5.74, 6) is 6.52. The van der Waals surface area contributed by atoms with E-state index in [0.29, 0.717) is 12.5 Å². The zero-order valence-electron chi connectivity index (χ0n) is 13.1. The van der Waals surface area contributed by atoms with Gasteiger partial charge in [0.25, 0.3) is 0 Å². The van der Waals surface area contributed by atoms with Gasteiger partial charge in [-0.15, -0.1) is 0 Å². The molecule has 3 saturated carbocycles. The van der Waals surface area contributed by atoms with Gasteiger partial charge in [-0.1, -0.05) is 6.92 Å². The first kappa shape index (κ1) is 13.8. The second kappa shape index (κ2) is 5.44. The normalized spacial score (nSPS) is 29.9. The van der Waals surface area contributed by atoms with Gasteiger partial charge in [0.15, 0.2) is 0 Å². The molecule has 3 fully saturated rings. The maximum Gasteiger partial charge on any atom is 0.122 e. The lowest BCUT2D eigenvalue weighted by Crippen LogP contribution is -2.33. The fourth-order valence-corrected chi connectivity index (χ4v) is 3.82. The molecule has 3 N–H and O–H groups in total. The fourth-order valence-electron chi connectivity index (χ4n) is 3.82. The predicted octanol–water partition coefficient (Wildman–Crippen LogP) is 3.43. The first-order valence-electron chi connectivity index (χ1n) is 8.79. The highest BCUT2D eigenvalue weighted by Gasteiger charge is 2.41. The Kier molecular flexibility index (Phi) is 3.58. The summed E-state index contributed by atoms with van der Waals surface area (Å²) in [6.45, 7) is 4.03. The minimum Gasteiger partial charge on any atom is -0.464 e.